The quantitative estimate of drug-likeness (QED) is 0.162. The van der Waals surface area contributed by atoms with Gasteiger partial charge in [0, 0.05) is 12.6 Å². The third-order valence-corrected chi connectivity index (χ3v) is 5.61. The first kappa shape index (κ1) is 24.4. The molecule has 0 aliphatic carbocycles. The summed E-state index contributed by atoms with van der Waals surface area (Å²) in [5, 5.41) is 8.62. The minimum atomic E-state index is -0.606. The van der Waals surface area contributed by atoms with Crippen LogP contribution in [0.3, 0.4) is 0 Å². The number of hydrogen-bond acceptors (Lipinski definition) is 7. The molecular formula is C27H30N2O6. The molecule has 0 fully saturated rings. The maximum absolute atomic E-state index is 11.2. The lowest BCUT2D eigenvalue weighted by Crippen LogP contribution is -2.27. The number of carbonyl (C=O) groups is 1. The van der Waals surface area contributed by atoms with Crippen molar-refractivity contribution in [1.29, 1.82) is 0 Å². The van der Waals surface area contributed by atoms with Gasteiger partial charge in [0.2, 0.25) is 6.79 Å². The summed E-state index contributed by atoms with van der Waals surface area (Å²) in [5.74, 6) is 3.22. The van der Waals surface area contributed by atoms with E-state index in [1.165, 1.54) is 17.7 Å². The number of nitrogens with zero attached hydrogens (tertiary/aromatic N) is 1. The Morgan fingerprint density at radius 2 is 1.89 bits per heavy atom. The van der Waals surface area contributed by atoms with Crippen LogP contribution in [-0.4, -0.2) is 42.5 Å². The van der Waals surface area contributed by atoms with E-state index in [0.717, 1.165) is 55.4 Å². The molecule has 184 valence electrons. The van der Waals surface area contributed by atoms with E-state index in [4.69, 9.17) is 23.8 Å². The predicted molar refractivity (Wildman–Crippen MR) is 130 cm³/mol. The number of carbonyl (C=O) groups excluding carboxylic acids is 1. The molecule has 1 amide bonds. The monoisotopic (exact) mass is 478 g/mol. The van der Waals surface area contributed by atoms with Gasteiger partial charge in [0.15, 0.2) is 11.5 Å². The van der Waals surface area contributed by atoms with Crippen LogP contribution in [0.5, 0.6) is 17.2 Å². The van der Waals surface area contributed by atoms with Crippen molar-refractivity contribution in [2.75, 3.05) is 26.5 Å². The molecule has 3 aromatic rings. The van der Waals surface area contributed by atoms with Crippen LogP contribution in [0.1, 0.15) is 29.9 Å². The average Bonchev–Trinajstić information content (AvgIpc) is 3.55. The largest absolute Gasteiger partial charge is 0.494 e. The van der Waals surface area contributed by atoms with Crippen molar-refractivity contribution < 1.29 is 28.6 Å². The van der Waals surface area contributed by atoms with E-state index >= 15 is 0 Å². The molecule has 0 spiro atoms. The second kappa shape index (κ2) is 12.6. The zero-order valence-corrected chi connectivity index (χ0v) is 19.5. The molecule has 2 heterocycles. The van der Waals surface area contributed by atoms with Crippen LogP contribution >= 0.6 is 0 Å². The highest BCUT2D eigenvalue weighted by atomic mass is 16.7. The highest BCUT2D eigenvalue weighted by Crippen LogP contribution is 2.32. The number of unbranched alkanes of at least 4 members (excludes halogenated alkanes) is 1. The van der Waals surface area contributed by atoms with Gasteiger partial charge in [-0.3, -0.25) is 14.9 Å². The van der Waals surface area contributed by atoms with Crippen LogP contribution in [0.15, 0.2) is 71.2 Å². The van der Waals surface area contributed by atoms with E-state index in [1.807, 2.05) is 48.5 Å². The Morgan fingerprint density at radius 3 is 2.74 bits per heavy atom. The molecule has 4 rings (SSSR count). The van der Waals surface area contributed by atoms with Crippen LogP contribution in [0.4, 0.5) is 0 Å². The number of benzene rings is 2. The Labute approximate surface area is 204 Å². The molecule has 8 nitrogen and oxygen atoms in total. The normalized spacial score (nSPS) is 12.4. The topological polar surface area (TPSA) is 93.4 Å². The number of fused-ring (bicyclic) bond motifs is 1. The molecule has 0 radical (unpaired) electrons. The Hall–Kier alpha value is -3.75. The lowest BCUT2D eigenvalue weighted by Gasteiger charge is -2.21. The molecule has 35 heavy (non-hydrogen) atoms. The molecule has 1 aliphatic rings. The van der Waals surface area contributed by atoms with Gasteiger partial charge in [-0.15, -0.1) is 0 Å². The highest BCUT2D eigenvalue weighted by molar-refractivity contribution is 5.90. The fourth-order valence-electron chi connectivity index (χ4n) is 3.78. The number of rotatable bonds is 13. The molecule has 0 bridgehead atoms. The van der Waals surface area contributed by atoms with Gasteiger partial charge in [-0.1, -0.05) is 24.3 Å². The fourth-order valence-corrected chi connectivity index (χ4v) is 3.78. The van der Waals surface area contributed by atoms with Crippen LogP contribution in [0.2, 0.25) is 0 Å². The summed E-state index contributed by atoms with van der Waals surface area (Å²) in [4.78, 5) is 13.5. The van der Waals surface area contributed by atoms with Crippen molar-refractivity contribution in [2.24, 2.45) is 0 Å². The highest BCUT2D eigenvalue weighted by Gasteiger charge is 2.14. The maximum atomic E-state index is 11.2. The number of hydroxylamine groups is 1. The van der Waals surface area contributed by atoms with Gasteiger partial charge in [0.1, 0.15) is 17.3 Å². The maximum Gasteiger partial charge on any atom is 0.267 e. The van der Waals surface area contributed by atoms with E-state index in [0.29, 0.717) is 18.9 Å². The van der Waals surface area contributed by atoms with Crippen molar-refractivity contribution in [2.45, 2.75) is 25.8 Å². The SMILES string of the molecule is O=C(/C=C/c1ccc(CN(CCCCOc2ccccc2)CCc2ccc3c(c2)OCO3)o1)NO. The molecule has 1 aliphatic heterocycles. The molecule has 2 N–H and O–H groups in total. The molecule has 8 heteroatoms. The van der Waals surface area contributed by atoms with Gasteiger partial charge < -0.3 is 18.6 Å². The van der Waals surface area contributed by atoms with Crippen LogP contribution in [0, 0.1) is 0 Å². The average molecular weight is 479 g/mol. The van der Waals surface area contributed by atoms with Gasteiger partial charge in [-0.25, -0.2) is 5.48 Å². The first-order valence-corrected chi connectivity index (χ1v) is 11.7. The van der Waals surface area contributed by atoms with Crippen LogP contribution in [-0.2, 0) is 17.8 Å². The second-order valence-corrected chi connectivity index (χ2v) is 8.20. The Morgan fingerprint density at radius 1 is 1.03 bits per heavy atom. The lowest BCUT2D eigenvalue weighted by atomic mass is 10.1. The van der Waals surface area contributed by atoms with E-state index in [-0.39, 0.29) is 6.79 Å². The lowest BCUT2D eigenvalue weighted by molar-refractivity contribution is -0.124. The van der Waals surface area contributed by atoms with Crippen LogP contribution < -0.4 is 19.7 Å². The number of amides is 1. The van der Waals surface area contributed by atoms with Gasteiger partial charge >= 0.3 is 0 Å². The van der Waals surface area contributed by atoms with Crippen molar-refractivity contribution in [3.05, 3.63) is 83.8 Å². The number of nitrogens with one attached hydrogen (secondary N) is 1. The van der Waals surface area contributed by atoms with Crippen molar-refractivity contribution in [1.82, 2.24) is 10.4 Å². The Bertz CT molecular complexity index is 1110. The predicted octanol–water partition coefficient (Wildman–Crippen LogP) is 4.43. The van der Waals surface area contributed by atoms with E-state index in [9.17, 15) is 4.79 Å². The zero-order chi connectivity index (χ0) is 24.3. The van der Waals surface area contributed by atoms with E-state index in [2.05, 4.69) is 11.0 Å². The van der Waals surface area contributed by atoms with Crippen molar-refractivity contribution in [3.63, 3.8) is 0 Å². The fraction of sp³-hybridized carbons (Fsp3) is 0.296. The Balaban J connectivity index is 1.31. The summed E-state index contributed by atoms with van der Waals surface area (Å²) >= 11 is 0. The summed E-state index contributed by atoms with van der Waals surface area (Å²) in [6.45, 7) is 3.32. The second-order valence-electron chi connectivity index (χ2n) is 8.20. The van der Waals surface area contributed by atoms with Gasteiger partial charge in [0.25, 0.3) is 5.91 Å². The van der Waals surface area contributed by atoms with Gasteiger partial charge in [-0.2, -0.15) is 0 Å². The Kier molecular flexibility index (Phi) is 8.80. The van der Waals surface area contributed by atoms with Crippen molar-refractivity contribution >= 4 is 12.0 Å². The molecule has 2 aromatic carbocycles. The molecule has 0 saturated heterocycles. The third kappa shape index (κ3) is 7.63. The minimum Gasteiger partial charge on any atom is -0.494 e. The first-order valence-electron chi connectivity index (χ1n) is 11.7. The number of hydrogen-bond donors (Lipinski definition) is 2. The van der Waals surface area contributed by atoms with E-state index < -0.39 is 5.91 Å². The molecule has 0 saturated carbocycles. The van der Waals surface area contributed by atoms with E-state index in [1.54, 1.807) is 11.5 Å². The first-order chi connectivity index (χ1) is 17.2. The number of furan rings is 1. The third-order valence-electron chi connectivity index (χ3n) is 5.61. The zero-order valence-electron chi connectivity index (χ0n) is 19.5. The molecule has 0 atom stereocenters. The summed E-state index contributed by atoms with van der Waals surface area (Å²) < 4.78 is 22.6. The van der Waals surface area contributed by atoms with Gasteiger partial charge in [-0.05, 0) is 73.8 Å². The van der Waals surface area contributed by atoms with Gasteiger partial charge in [0.05, 0.1) is 13.2 Å². The molecule has 1 aromatic heterocycles. The van der Waals surface area contributed by atoms with Crippen molar-refractivity contribution in [3.8, 4) is 17.2 Å². The molecule has 0 unspecified atom stereocenters. The number of ether oxygens (including phenoxy) is 3. The minimum absolute atomic E-state index is 0.269. The summed E-state index contributed by atoms with van der Waals surface area (Å²) in [6.07, 6.45) is 5.52. The standard InChI is InChI=1S/C27H30N2O6/c30-27(28-31)13-11-23-9-10-24(35-23)19-29(15-4-5-17-32-22-6-2-1-3-7-22)16-14-21-8-12-25-26(18-21)34-20-33-25/h1-3,6-13,18,31H,4-5,14-17,19-20H2,(H,28,30)/b13-11+. The number of para-hydroxylation sites is 1. The summed E-state index contributed by atoms with van der Waals surface area (Å²) in [5.41, 5.74) is 2.75. The summed E-state index contributed by atoms with van der Waals surface area (Å²) in [7, 11) is 0. The smallest absolute Gasteiger partial charge is 0.267 e. The molecular weight excluding hydrogens is 448 g/mol. The van der Waals surface area contributed by atoms with Crippen LogP contribution in [0.25, 0.3) is 6.08 Å². The summed E-state index contributed by atoms with van der Waals surface area (Å²) in [6, 6.07) is 19.6.